The Hall–Kier alpha value is -3.04. The Kier molecular flexibility index (Phi) is 6.51. The molecule has 2 aromatic rings. The molecule has 0 spiro atoms. The SMILES string of the molecule is C#CCSC1=N[C@@H](C(=O)OC)[C@H](/C=C/c2ccccc2)N1c1ccc(F)cc1. The highest BCUT2D eigenvalue weighted by atomic mass is 32.2. The summed E-state index contributed by atoms with van der Waals surface area (Å²) in [6.45, 7) is 0. The lowest BCUT2D eigenvalue weighted by molar-refractivity contribution is -0.142. The van der Waals surface area contributed by atoms with Crippen LogP contribution in [0.4, 0.5) is 10.1 Å². The van der Waals surface area contributed by atoms with E-state index in [2.05, 4.69) is 10.9 Å². The molecule has 1 heterocycles. The number of anilines is 1. The normalized spacial score (nSPS) is 18.8. The third kappa shape index (κ3) is 4.44. The summed E-state index contributed by atoms with van der Waals surface area (Å²) in [6.07, 6.45) is 9.24. The topological polar surface area (TPSA) is 41.9 Å². The third-order valence-electron chi connectivity index (χ3n) is 4.19. The monoisotopic (exact) mass is 394 g/mol. The van der Waals surface area contributed by atoms with Gasteiger partial charge in [0.2, 0.25) is 0 Å². The van der Waals surface area contributed by atoms with Crippen molar-refractivity contribution < 1.29 is 13.9 Å². The van der Waals surface area contributed by atoms with E-state index in [4.69, 9.17) is 11.2 Å². The van der Waals surface area contributed by atoms with Gasteiger partial charge in [0.15, 0.2) is 11.2 Å². The van der Waals surface area contributed by atoms with Gasteiger partial charge in [-0.25, -0.2) is 14.2 Å². The summed E-state index contributed by atoms with van der Waals surface area (Å²) in [4.78, 5) is 18.8. The fourth-order valence-corrected chi connectivity index (χ4v) is 3.67. The van der Waals surface area contributed by atoms with Crippen LogP contribution in [0.2, 0.25) is 0 Å². The van der Waals surface area contributed by atoms with Gasteiger partial charge in [-0.15, -0.1) is 6.42 Å². The van der Waals surface area contributed by atoms with Crippen LogP contribution in [-0.2, 0) is 9.53 Å². The lowest BCUT2D eigenvalue weighted by Crippen LogP contribution is -2.41. The molecular formula is C22H19FN2O2S. The van der Waals surface area contributed by atoms with Gasteiger partial charge >= 0.3 is 5.97 Å². The molecule has 0 amide bonds. The standard InChI is InChI=1S/C22H19FN2O2S/c1-3-15-28-22-24-20(21(26)27-2)19(14-9-16-7-5-4-6-8-16)25(22)18-12-10-17(23)11-13-18/h1,4-14,19-20H,15H2,2H3/b14-9+/t19-,20+/m0/s1. The summed E-state index contributed by atoms with van der Waals surface area (Å²) in [7, 11) is 1.34. The van der Waals surface area contributed by atoms with E-state index in [1.165, 1.54) is 31.0 Å². The molecule has 0 saturated heterocycles. The first-order chi connectivity index (χ1) is 13.6. The van der Waals surface area contributed by atoms with Gasteiger partial charge in [0, 0.05) is 5.69 Å². The summed E-state index contributed by atoms with van der Waals surface area (Å²) in [5.41, 5.74) is 1.72. The van der Waals surface area contributed by atoms with Crippen molar-refractivity contribution in [1.29, 1.82) is 0 Å². The summed E-state index contributed by atoms with van der Waals surface area (Å²) < 4.78 is 18.4. The molecule has 28 heavy (non-hydrogen) atoms. The Morgan fingerprint density at radius 2 is 2.00 bits per heavy atom. The molecule has 4 nitrogen and oxygen atoms in total. The van der Waals surface area contributed by atoms with Crippen molar-refractivity contribution >= 4 is 34.7 Å². The molecule has 0 saturated carbocycles. The van der Waals surface area contributed by atoms with Crippen molar-refractivity contribution in [1.82, 2.24) is 0 Å². The lowest BCUT2D eigenvalue weighted by atomic mass is 10.1. The van der Waals surface area contributed by atoms with E-state index >= 15 is 0 Å². The number of hydrogen-bond acceptors (Lipinski definition) is 5. The number of methoxy groups -OCH3 is 1. The Balaban J connectivity index is 2.01. The molecule has 0 N–H and O–H groups in total. The molecule has 0 fully saturated rings. The maximum absolute atomic E-state index is 13.4. The Morgan fingerprint density at radius 1 is 1.29 bits per heavy atom. The Bertz CT molecular complexity index is 920. The quantitative estimate of drug-likeness (QED) is 0.568. The van der Waals surface area contributed by atoms with Crippen molar-refractivity contribution in [3.05, 3.63) is 72.1 Å². The number of ether oxygens (including phenoxy) is 1. The summed E-state index contributed by atoms with van der Waals surface area (Å²) in [5.74, 6) is 2.20. The number of aliphatic imine (C=N–C) groups is 1. The van der Waals surface area contributed by atoms with Gasteiger partial charge in [-0.05, 0) is 29.8 Å². The molecule has 0 aliphatic carbocycles. The minimum Gasteiger partial charge on any atom is -0.467 e. The number of esters is 1. The summed E-state index contributed by atoms with van der Waals surface area (Å²) in [5, 5.41) is 0.600. The fourth-order valence-electron chi connectivity index (χ4n) is 2.90. The zero-order valence-electron chi connectivity index (χ0n) is 15.3. The van der Waals surface area contributed by atoms with E-state index in [-0.39, 0.29) is 5.82 Å². The van der Waals surface area contributed by atoms with Crippen molar-refractivity contribution in [2.45, 2.75) is 12.1 Å². The van der Waals surface area contributed by atoms with Crippen LogP contribution in [0.3, 0.4) is 0 Å². The fraction of sp³-hybridized carbons (Fsp3) is 0.182. The second-order valence-electron chi connectivity index (χ2n) is 5.98. The molecule has 142 valence electrons. The molecule has 0 bridgehead atoms. The molecule has 3 rings (SSSR count). The molecule has 6 heteroatoms. The number of carbonyl (C=O) groups is 1. The molecular weight excluding hydrogens is 375 g/mol. The second kappa shape index (κ2) is 9.25. The summed E-state index contributed by atoms with van der Waals surface area (Å²) in [6, 6.07) is 14.7. The van der Waals surface area contributed by atoms with Crippen molar-refractivity contribution in [2.75, 3.05) is 17.8 Å². The predicted octanol–water partition coefficient (Wildman–Crippen LogP) is 3.99. The van der Waals surface area contributed by atoms with Crippen LogP contribution in [0.15, 0.2) is 65.7 Å². The third-order valence-corrected chi connectivity index (χ3v) is 5.07. The lowest BCUT2D eigenvalue weighted by Gasteiger charge is -2.27. The van der Waals surface area contributed by atoms with Gasteiger partial charge in [0.25, 0.3) is 0 Å². The smallest absolute Gasteiger partial charge is 0.333 e. The zero-order chi connectivity index (χ0) is 19.9. The first kappa shape index (κ1) is 19.7. The number of nitrogens with zero attached hydrogens (tertiary/aromatic N) is 2. The van der Waals surface area contributed by atoms with Gasteiger partial charge in [0.1, 0.15) is 5.82 Å². The maximum atomic E-state index is 13.4. The minimum absolute atomic E-state index is 0.335. The van der Waals surface area contributed by atoms with Crippen LogP contribution in [0.25, 0.3) is 6.08 Å². The van der Waals surface area contributed by atoms with Crippen LogP contribution in [0, 0.1) is 18.2 Å². The summed E-state index contributed by atoms with van der Waals surface area (Å²) >= 11 is 1.35. The minimum atomic E-state index is -0.740. The second-order valence-corrected chi connectivity index (χ2v) is 6.92. The first-order valence-corrected chi connectivity index (χ1v) is 9.62. The molecule has 1 aliphatic rings. The predicted molar refractivity (Wildman–Crippen MR) is 113 cm³/mol. The number of hydrogen-bond donors (Lipinski definition) is 0. The highest BCUT2D eigenvalue weighted by Crippen LogP contribution is 2.32. The average Bonchev–Trinajstić information content (AvgIpc) is 3.09. The van der Waals surface area contributed by atoms with Crippen LogP contribution in [0.5, 0.6) is 0 Å². The zero-order valence-corrected chi connectivity index (χ0v) is 16.1. The van der Waals surface area contributed by atoms with E-state index in [9.17, 15) is 9.18 Å². The first-order valence-electron chi connectivity index (χ1n) is 8.64. The van der Waals surface area contributed by atoms with Gasteiger partial charge in [0.05, 0.1) is 18.9 Å². The van der Waals surface area contributed by atoms with E-state index in [1.54, 1.807) is 12.1 Å². The number of amidine groups is 1. The van der Waals surface area contributed by atoms with E-state index < -0.39 is 18.1 Å². The highest BCUT2D eigenvalue weighted by Gasteiger charge is 2.40. The number of halogens is 1. The molecule has 0 unspecified atom stereocenters. The van der Waals surface area contributed by atoms with Crippen LogP contribution in [0.1, 0.15) is 5.56 Å². The van der Waals surface area contributed by atoms with Gasteiger partial charge in [-0.2, -0.15) is 0 Å². The number of carbonyl (C=O) groups excluding carboxylic acids is 1. The van der Waals surface area contributed by atoms with E-state index in [0.29, 0.717) is 10.9 Å². The van der Waals surface area contributed by atoms with E-state index in [1.807, 2.05) is 47.4 Å². The van der Waals surface area contributed by atoms with Crippen molar-refractivity contribution in [3.8, 4) is 12.3 Å². The Labute approximate surface area is 168 Å². The number of rotatable bonds is 5. The van der Waals surface area contributed by atoms with Crippen molar-refractivity contribution in [2.24, 2.45) is 4.99 Å². The molecule has 0 aromatic heterocycles. The Morgan fingerprint density at radius 3 is 2.64 bits per heavy atom. The average molecular weight is 394 g/mol. The van der Waals surface area contributed by atoms with Crippen molar-refractivity contribution in [3.63, 3.8) is 0 Å². The molecule has 2 atom stereocenters. The van der Waals surface area contributed by atoms with Gasteiger partial charge in [-0.3, -0.25) is 0 Å². The molecule has 1 aliphatic heterocycles. The largest absolute Gasteiger partial charge is 0.467 e. The van der Waals surface area contributed by atoms with Gasteiger partial charge < -0.3 is 9.64 Å². The number of benzene rings is 2. The number of thioether (sulfide) groups is 1. The molecule has 0 radical (unpaired) electrons. The van der Waals surface area contributed by atoms with Crippen LogP contribution in [-0.4, -0.2) is 36.1 Å². The number of terminal acetylenes is 1. The van der Waals surface area contributed by atoms with Crippen LogP contribution >= 0.6 is 11.8 Å². The highest BCUT2D eigenvalue weighted by molar-refractivity contribution is 8.14. The molecule has 2 aromatic carbocycles. The van der Waals surface area contributed by atoms with Gasteiger partial charge in [-0.1, -0.05) is 60.2 Å². The maximum Gasteiger partial charge on any atom is 0.333 e. The van der Waals surface area contributed by atoms with Crippen LogP contribution < -0.4 is 4.90 Å². The van der Waals surface area contributed by atoms with E-state index in [0.717, 1.165) is 11.3 Å².